The van der Waals surface area contributed by atoms with Gasteiger partial charge in [0.25, 0.3) is 5.91 Å². The summed E-state index contributed by atoms with van der Waals surface area (Å²) >= 11 is 0. The lowest BCUT2D eigenvalue weighted by Crippen LogP contribution is -2.31. The average molecular weight is 324 g/mol. The van der Waals surface area contributed by atoms with Crippen molar-refractivity contribution in [3.63, 3.8) is 0 Å². The number of benzene rings is 2. The van der Waals surface area contributed by atoms with Crippen molar-refractivity contribution >= 4 is 11.9 Å². The Morgan fingerprint density at radius 1 is 1.08 bits per heavy atom. The lowest BCUT2D eigenvalue weighted by molar-refractivity contribution is -0.144. The molecule has 0 radical (unpaired) electrons. The summed E-state index contributed by atoms with van der Waals surface area (Å²) < 4.78 is 10.4. The second-order valence-electron chi connectivity index (χ2n) is 4.88. The summed E-state index contributed by atoms with van der Waals surface area (Å²) in [5, 5.41) is 11.0. The minimum absolute atomic E-state index is 0.298. The van der Waals surface area contributed by atoms with Crippen LogP contribution in [0.4, 0.5) is 0 Å². The Morgan fingerprint density at radius 2 is 1.71 bits per heavy atom. The molecule has 0 spiro atoms. The first-order chi connectivity index (χ1) is 11.6. The molecule has 0 bridgehead atoms. The van der Waals surface area contributed by atoms with E-state index in [1.807, 2.05) is 30.3 Å². The van der Waals surface area contributed by atoms with Gasteiger partial charge in [-0.2, -0.15) is 5.26 Å². The standard InChI is InChI=1S/C18H16N2O4/c1-13(11-19)23-17(21)12-20-18(22)14-7-9-16(10-8-14)24-15-5-3-2-4-6-15/h2-10,13H,12H2,1H3,(H,20,22)/t13-/m0/s1. The molecule has 1 N–H and O–H groups in total. The molecule has 0 saturated carbocycles. The molecule has 122 valence electrons. The van der Waals surface area contributed by atoms with E-state index in [1.165, 1.54) is 6.92 Å². The summed E-state index contributed by atoms with van der Waals surface area (Å²) in [5.74, 6) is 0.216. The van der Waals surface area contributed by atoms with Crippen molar-refractivity contribution in [3.05, 3.63) is 60.2 Å². The molecule has 2 aromatic rings. The Kier molecular flexibility index (Phi) is 5.92. The monoisotopic (exact) mass is 324 g/mol. The van der Waals surface area contributed by atoms with Crippen LogP contribution in [0.1, 0.15) is 17.3 Å². The molecule has 0 aromatic heterocycles. The van der Waals surface area contributed by atoms with Crippen LogP contribution >= 0.6 is 0 Å². The Bertz CT molecular complexity index is 736. The second kappa shape index (κ2) is 8.34. The summed E-state index contributed by atoms with van der Waals surface area (Å²) in [6.45, 7) is 1.15. The number of esters is 1. The van der Waals surface area contributed by atoms with Gasteiger partial charge < -0.3 is 14.8 Å². The van der Waals surface area contributed by atoms with Gasteiger partial charge in [0.15, 0.2) is 6.10 Å². The van der Waals surface area contributed by atoms with Gasteiger partial charge in [-0.25, -0.2) is 0 Å². The minimum atomic E-state index is -0.844. The molecule has 0 heterocycles. The number of hydrogen-bond donors (Lipinski definition) is 1. The first-order valence-electron chi connectivity index (χ1n) is 7.29. The second-order valence-corrected chi connectivity index (χ2v) is 4.88. The van der Waals surface area contributed by atoms with Crippen molar-refractivity contribution in [2.75, 3.05) is 6.54 Å². The third-order valence-corrected chi connectivity index (χ3v) is 2.98. The Hall–Kier alpha value is -3.33. The number of nitrogens with one attached hydrogen (secondary N) is 1. The smallest absolute Gasteiger partial charge is 0.326 e. The molecule has 0 aliphatic heterocycles. The van der Waals surface area contributed by atoms with Crippen LogP contribution in [-0.4, -0.2) is 24.5 Å². The van der Waals surface area contributed by atoms with Crippen molar-refractivity contribution in [2.45, 2.75) is 13.0 Å². The van der Waals surface area contributed by atoms with E-state index in [0.717, 1.165) is 0 Å². The third-order valence-electron chi connectivity index (χ3n) is 2.98. The molecule has 0 unspecified atom stereocenters. The highest BCUT2D eigenvalue weighted by atomic mass is 16.5. The van der Waals surface area contributed by atoms with Crippen LogP contribution in [0.25, 0.3) is 0 Å². The molecular weight excluding hydrogens is 308 g/mol. The molecule has 2 aromatic carbocycles. The molecule has 0 aliphatic rings. The number of carbonyl (C=O) groups is 2. The topological polar surface area (TPSA) is 88.4 Å². The van der Waals surface area contributed by atoms with Gasteiger partial charge in [0.2, 0.25) is 0 Å². The maximum Gasteiger partial charge on any atom is 0.326 e. The first-order valence-corrected chi connectivity index (χ1v) is 7.29. The SMILES string of the molecule is C[C@@H](C#N)OC(=O)CNC(=O)c1ccc(Oc2ccccc2)cc1. The normalized spacial score (nSPS) is 11.0. The van der Waals surface area contributed by atoms with Crippen molar-refractivity contribution in [3.8, 4) is 17.6 Å². The number of rotatable bonds is 6. The lowest BCUT2D eigenvalue weighted by Gasteiger charge is -2.08. The van der Waals surface area contributed by atoms with Crippen LogP contribution in [0.2, 0.25) is 0 Å². The van der Waals surface area contributed by atoms with Gasteiger partial charge in [0, 0.05) is 5.56 Å². The van der Waals surface area contributed by atoms with Gasteiger partial charge in [-0.05, 0) is 43.3 Å². The van der Waals surface area contributed by atoms with E-state index in [9.17, 15) is 9.59 Å². The van der Waals surface area contributed by atoms with Crippen LogP contribution < -0.4 is 10.1 Å². The molecule has 1 amide bonds. The number of carbonyl (C=O) groups excluding carboxylic acids is 2. The number of nitrogens with zero attached hydrogens (tertiary/aromatic N) is 1. The van der Waals surface area contributed by atoms with Crippen LogP contribution in [0, 0.1) is 11.3 Å². The number of hydrogen-bond acceptors (Lipinski definition) is 5. The average Bonchev–Trinajstić information content (AvgIpc) is 2.61. The minimum Gasteiger partial charge on any atom is -0.457 e. The number of para-hydroxylation sites is 1. The van der Waals surface area contributed by atoms with Crippen LogP contribution in [-0.2, 0) is 9.53 Å². The molecule has 0 saturated heterocycles. The van der Waals surface area contributed by atoms with Crippen molar-refractivity contribution in [1.82, 2.24) is 5.32 Å². The lowest BCUT2D eigenvalue weighted by atomic mass is 10.2. The molecule has 0 aliphatic carbocycles. The summed E-state index contributed by atoms with van der Waals surface area (Å²) in [6, 6.07) is 17.6. The fourth-order valence-electron chi connectivity index (χ4n) is 1.82. The largest absolute Gasteiger partial charge is 0.457 e. The third kappa shape index (κ3) is 5.14. The fourth-order valence-corrected chi connectivity index (χ4v) is 1.82. The molecular formula is C18H16N2O4. The predicted octanol–water partition coefficient (Wildman–Crippen LogP) is 2.66. The van der Waals surface area contributed by atoms with Gasteiger partial charge in [-0.1, -0.05) is 18.2 Å². The van der Waals surface area contributed by atoms with E-state index in [1.54, 1.807) is 30.3 Å². The summed E-state index contributed by atoms with van der Waals surface area (Å²) in [6.07, 6.45) is -0.844. The highest BCUT2D eigenvalue weighted by molar-refractivity contribution is 5.96. The maximum absolute atomic E-state index is 11.9. The molecule has 24 heavy (non-hydrogen) atoms. The van der Waals surface area contributed by atoms with Gasteiger partial charge in [-0.3, -0.25) is 9.59 Å². The van der Waals surface area contributed by atoms with Crippen LogP contribution in [0.3, 0.4) is 0 Å². The number of ether oxygens (including phenoxy) is 2. The predicted molar refractivity (Wildman–Crippen MR) is 86.5 cm³/mol. The van der Waals surface area contributed by atoms with E-state index in [0.29, 0.717) is 17.1 Å². The van der Waals surface area contributed by atoms with Crippen LogP contribution in [0.5, 0.6) is 11.5 Å². The van der Waals surface area contributed by atoms with Crippen molar-refractivity contribution in [1.29, 1.82) is 5.26 Å². The van der Waals surface area contributed by atoms with E-state index in [-0.39, 0.29) is 6.54 Å². The Morgan fingerprint density at radius 3 is 2.33 bits per heavy atom. The van der Waals surface area contributed by atoms with Gasteiger partial charge in [-0.15, -0.1) is 0 Å². The Labute approximate surface area is 139 Å². The van der Waals surface area contributed by atoms with Gasteiger partial charge in [0.1, 0.15) is 24.1 Å². The molecule has 6 heteroatoms. The highest BCUT2D eigenvalue weighted by Gasteiger charge is 2.11. The molecule has 1 atom stereocenters. The zero-order chi connectivity index (χ0) is 17.4. The van der Waals surface area contributed by atoms with Gasteiger partial charge in [0.05, 0.1) is 0 Å². The van der Waals surface area contributed by atoms with E-state index in [2.05, 4.69) is 5.32 Å². The van der Waals surface area contributed by atoms with E-state index < -0.39 is 18.0 Å². The fraction of sp³-hybridized carbons (Fsp3) is 0.167. The molecule has 6 nitrogen and oxygen atoms in total. The summed E-state index contributed by atoms with van der Waals surface area (Å²) in [7, 11) is 0. The van der Waals surface area contributed by atoms with Crippen LogP contribution in [0.15, 0.2) is 54.6 Å². The zero-order valence-electron chi connectivity index (χ0n) is 13.1. The first kappa shape index (κ1) is 17.0. The summed E-state index contributed by atoms with van der Waals surface area (Å²) in [5.41, 5.74) is 0.386. The summed E-state index contributed by atoms with van der Waals surface area (Å²) in [4.78, 5) is 23.3. The highest BCUT2D eigenvalue weighted by Crippen LogP contribution is 2.21. The van der Waals surface area contributed by atoms with Crippen molar-refractivity contribution in [2.24, 2.45) is 0 Å². The zero-order valence-corrected chi connectivity index (χ0v) is 13.1. The Balaban J connectivity index is 1.87. The van der Waals surface area contributed by atoms with E-state index in [4.69, 9.17) is 14.7 Å². The number of amides is 1. The van der Waals surface area contributed by atoms with E-state index >= 15 is 0 Å². The van der Waals surface area contributed by atoms with Crippen molar-refractivity contribution < 1.29 is 19.1 Å². The molecule has 2 rings (SSSR count). The van der Waals surface area contributed by atoms with Gasteiger partial charge >= 0.3 is 5.97 Å². The number of nitriles is 1. The molecule has 0 fully saturated rings. The quantitative estimate of drug-likeness (QED) is 0.825. The maximum atomic E-state index is 11.9.